The minimum Gasteiger partial charge on any atom is -0.344 e. The van der Waals surface area contributed by atoms with Crippen molar-refractivity contribution in [1.29, 1.82) is 0 Å². The summed E-state index contributed by atoms with van der Waals surface area (Å²) in [4.78, 5) is 16.9. The molecule has 0 aliphatic rings. The molecule has 10 heteroatoms. The highest BCUT2D eigenvalue weighted by molar-refractivity contribution is 8.13. The van der Waals surface area contributed by atoms with E-state index in [4.69, 9.17) is 0 Å². The fourth-order valence-electron chi connectivity index (χ4n) is 2.81. The van der Waals surface area contributed by atoms with Gasteiger partial charge in [-0.2, -0.15) is 26.3 Å². The lowest BCUT2D eigenvalue weighted by atomic mass is 10.0. The van der Waals surface area contributed by atoms with Crippen LogP contribution in [0.3, 0.4) is 0 Å². The number of carbonyl (C=O) groups is 1. The molecule has 0 fully saturated rings. The number of rotatable bonds is 11. The maximum atomic E-state index is 13.6. The van der Waals surface area contributed by atoms with Crippen LogP contribution >= 0.6 is 11.8 Å². The van der Waals surface area contributed by atoms with Crippen LogP contribution in [0.1, 0.15) is 60.3 Å². The first-order valence-electron chi connectivity index (χ1n) is 11.1. The molecule has 0 saturated carbocycles. The third-order valence-corrected chi connectivity index (χ3v) is 5.73. The Hall–Kier alpha value is -2.23. The van der Waals surface area contributed by atoms with Crippen molar-refractivity contribution in [2.75, 3.05) is 6.26 Å². The largest absolute Gasteiger partial charge is 0.412 e. The summed E-state index contributed by atoms with van der Waals surface area (Å²) in [5.41, 5.74) is 0.479. The normalized spacial score (nSPS) is 16.1. The fraction of sp³-hybridized carbons (Fsp3) is 0.520. The molecule has 0 radical (unpaired) electrons. The van der Waals surface area contributed by atoms with Crippen molar-refractivity contribution in [2.45, 2.75) is 78.7 Å². The average Bonchev–Trinajstić information content (AvgIpc) is 2.75. The maximum Gasteiger partial charge on any atom is 0.412 e. The van der Waals surface area contributed by atoms with E-state index in [1.54, 1.807) is 27.0 Å². The van der Waals surface area contributed by atoms with Crippen LogP contribution < -0.4 is 5.32 Å². The molecule has 0 spiro atoms. The van der Waals surface area contributed by atoms with Gasteiger partial charge in [0.15, 0.2) is 0 Å². The van der Waals surface area contributed by atoms with Crippen LogP contribution in [0.4, 0.5) is 26.3 Å². The summed E-state index contributed by atoms with van der Waals surface area (Å²) in [5.74, 6) is -0.690. The molecule has 0 aromatic heterocycles. The zero-order chi connectivity index (χ0) is 27.4. The zero-order valence-electron chi connectivity index (χ0n) is 21.0. The van der Waals surface area contributed by atoms with Crippen LogP contribution in [0.5, 0.6) is 0 Å². The number of hydrogen-bond donors (Lipinski definition) is 1. The van der Waals surface area contributed by atoms with Gasteiger partial charge in [0.25, 0.3) is 0 Å². The van der Waals surface area contributed by atoms with E-state index in [2.05, 4.69) is 16.9 Å². The fourth-order valence-corrected chi connectivity index (χ4v) is 3.41. The van der Waals surface area contributed by atoms with Crippen LogP contribution in [0.25, 0.3) is 0 Å². The number of hydrogen-bond acceptors (Lipinski definition) is 3. The summed E-state index contributed by atoms with van der Waals surface area (Å²) in [6.07, 6.45) is -3.12. The highest BCUT2D eigenvalue weighted by atomic mass is 32.2. The second-order valence-corrected chi connectivity index (χ2v) is 8.64. The molecule has 1 atom stereocenters. The van der Waals surface area contributed by atoms with Gasteiger partial charge in [-0.25, -0.2) is 4.99 Å². The summed E-state index contributed by atoms with van der Waals surface area (Å²) < 4.78 is 78.0. The van der Waals surface area contributed by atoms with Crippen molar-refractivity contribution in [1.82, 2.24) is 5.32 Å². The van der Waals surface area contributed by atoms with E-state index in [9.17, 15) is 31.1 Å². The molecular formula is C25H34F6N2OS. The minimum absolute atomic E-state index is 0.0975. The summed E-state index contributed by atoms with van der Waals surface area (Å²) in [6.45, 7) is 11.7. The Morgan fingerprint density at radius 2 is 1.74 bits per heavy atom. The van der Waals surface area contributed by atoms with E-state index >= 15 is 0 Å². The monoisotopic (exact) mass is 524 g/mol. The van der Waals surface area contributed by atoms with Gasteiger partial charge >= 0.3 is 12.4 Å². The molecule has 35 heavy (non-hydrogen) atoms. The highest BCUT2D eigenvalue weighted by Gasteiger charge is 2.33. The van der Waals surface area contributed by atoms with Gasteiger partial charge in [0.05, 0.1) is 23.2 Å². The predicted octanol–water partition coefficient (Wildman–Crippen LogP) is 8.24. The van der Waals surface area contributed by atoms with E-state index in [-0.39, 0.29) is 17.6 Å². The summed E-state index contributed by atoms with van der Waals surface area (Å²) >= 11 is 1.18. The summed E-state index contributed by atoms with van der Waals surface area (Å²) in [7, 11) is 0. The van der Waals surface area contributed by atoms with Gasteiger partial charge in [-0.15, -0.1) is 11.8 Å². The molecule has 198 valence electrons. The number of aliphatic imine (C=N–C) groups is 1. The molecule has 0 aliphatic carbocycles. The predicted molar refractivity (Wildman–Crippen MR) is 133 cm³/mol. The van der Waals surface area contributed by atoms with Gasteiger partial charge < -0.3 is 5.32 Å². The minimum atomic E-state index is -4.50. The van der Waals surface area contributed by atoms with Crippen molar-refractivity contribution >= 4 is 22.7 Å². The Bertz CT molecular complexity index is 893. The Labute approximate surface area is 208 Å². The number of allylic oxidation sites excluding steroid dienone is 6. The average molecular weight is 525 g/mol. The molecule has 0 aliphatic heterocycles. The number of halogens is 6. The van der Waals surface area contributed by atoms with Crippen molar-refractivity contribution in [3.63, 3.8) is 0 Å². The van der Waals surface area contributed by atoms with E-state index in [0.717, 1.165) is 17.7 Å². The topological polar surface area (TPSA) is 41.5 Å². The molecule has 0 rings (SSSR count). The number of amides is 1. The number of thioether (sulfide) groups is 1. The Balaban J connectivity index is 6.34. The smallest absolute Gasteiger partial charge is 0.344 e. The van der Waals surface area contributed by atoms with Gasteiger partial charge in [-0.3, -0.25) is 4.79 Å². The lowest BCUT2D eigenvalue weighted by Gasteiger charge is -2.18. The van der Waals surface area contributed by atoms with Gasteiger partial charge in [-0.05, 0) is 51.5 Å². The molecule has 1 N–H and O–H groups in total. The Kier molecular flexibility index (Phi) is 14.1. The van der Waals surface area contributed by atoms with E-state index in [1.165, 1.54) is 30.8 Å². The van der Waals surface area contributed by atoms with E-state index < -0.39 is 36.3 Å². The third-order valence-electron chi connectivity index (χ3n) is 4.87. The number of carbonyl (C=O) groups excluding carboxylic acids is 1. The molecule has 3 nitrogen and oxygen atoms in total. The first kappa shape index (κ1) is 32.8. The van der Waals surface area contributed by atoms with Crippen LogP contribution in [-0.2, 0) is 4.79 Å². The number of nitrogens with zero attached hydrogens (tertiary/aromatic N) is 1. The standard InChI is InChI=1S/C25H34F6N2OS/c1-8-11-19(15-20(12-9-2)25(29,30)31)21(16(4)10-3)33-23(35-7)18(6)32-22(34)17(5)13-14-24(26,27)28/h8,11,13,15,18H,1,9-10,12,14H2,2-7H3,(H,32,34)/b17-13+,19-11+,20-15+,21-16-,33-23-. The van der Waals surface area contributed by atoms with E-state index in [1.807, 2.05) is 6.92 Å². The highest BCUT2D eigenvalue weighted by Crippen LogP contribution is 2.33. The lowest BCUT2D eigenvalue weighted by molar-refractivity contribution is -0.125. The Morgan fingerprint density at radius 1 is 1.14 bits per heavy atom. The van der Waals surface area contributed by atoms with Crippen LogP contribution in [-0.4, -0.2) is 35.6 Å². The second kappa shape index (κ2) is 15.0. The molecule has 1 amide bonds. The van der Waals surface area contributed by atoms with Gasteiger partial charge in [-0.1, -0.05) is 45.1 Å². The number of nitrogens with one attached hydrogen (secondary N) is 1. The molecule has 0 bridgehead atoms. The number of alkyl halides is 6. The molecular weight excluding hydrogens is 490 g/mol. The molecule has 0 aromatic carbocycles. The van der Waals surface area contributed by atoms with Crippen LogP contribution in [0, 0.1) is 0 Å². The molecule has 0 heterocycles. The summed E-state index contributed by atoms with van der Waals surface area (Å²) in [6, 6.07) is -0.696. The van der Waals surface area contributed by atoms with Crippen molar-refractivity contribution in [3.8, 4) is 0 Å². The quantitative estimate of drug-likeness (QED) is 0.0972. The van der Waals surface area contributed by atoms with Crippen LogP contribution in [0.15, 0.2) is 63.9 Å². The maximum absolute atomic E-state index is 13.6. The summed E-state index contributed by atoms with van der Waals surface area (Å²) in [5, 5.41) is 2.99. The SMILES string of the molecule is C=C/C=C(\C=C(/CCC)C(F)(F)F)C(/N=C(\SC)C(C)NC(=O)/C(C)=C/CC(F)(F)F)=C(\C)CC. The van der Waals surface area contributed by atoms with Gasteiger partial charge in [0.2, 0.25) is 5.91 Å². The first-order chi connectivity index (χ1) is 16.1. The molecule has 0 aromatic rings. The van der Waals surface area contributed by atoms with Crippen molar-refractivity contribution < 1.29 is 31.1 Å². The molecule has 1 unspecified atom stereocenters. The van der Waals surface area contributed by atoms with E-state index in [0.29, 0.717) is 23.6 Å². The lowest BCUT2D eigenvalue weighted by Crippen LogP contribution is -2.38. The van der Waals surface area contributed by atoms with Gasteiger partial charge in [0, 0.05) is 16.7 Å². The zero-order valence-corrected chi connectivity index (χ0v) is 21.8. The Morgan fingerprint density at radius 3 is 2.17 bits per heavy atom. The first-order valence-corrected chi connectivity index (χ1v) is 12.3. The van der Waals surface area contributed by atoms with Gasteiger partial charge in [0.1, 0.15) is 0 Å². The second-order valence-electron chi connectivity index (χ2n) is 7.81. The van der Waals surface area contributed by atoms with Crippen LogP contribution in [0.2, 0.25) is 0 Å². The third kappa shape index (κ3) is 12.3. The van der Waals surface area contributed by atoms with Crippen molar-refractivity contribution in [3.05, 3.63) is 58.9 Å². The molecule has 0 saturated heterocycles. The van der Waals surface area contributed by atoms with Crippen molar-refractivity contribution in [2.24, 2.45) is 4.99 Å².